The molecule has 1 aromatic rings. The van der Waals surface area contributed by atoms with Crippen LogP contribution in [0.1, 0.15) is 24.1 Å². The average molecular weight is 337 g/mol. The number of aryl methyl sites for hydroxylation is 1. The van der Waals surface area contributed by atoms with Crippen molar-refractivity contribution in [2.75, 3.05) is 26.7 Å². The normalized spacial score (nSPS) is 16.0. The second kappa shape index (κ2) is 8.88. The standard InChI is InChI=1S/C14H21ClN2OS.ClH/c1-16-9-11-4-6-17(7-5-11)14(18)3-2-13-8-12(15)10-19-13;/h8,10-11,16H,2-7,9H2,1H3;1H. The van der Waals surface area contributed by atoms with E-state index < -0.39 is 0 Å². The van der Waals surface area contributed by atoms with E-state index in [9.17, 15) is 4.79 Å². The Balaban J connectivity index is 0.00000200. The molecule has 1 aromatic heterocycles. The van der Waals surface area contributed by atoms with Crippen molar-refractivity contribution in [3.05, 3.63) is 21.3 Å². The summed E-state index contributed by atoms with van der Waals surface area (Å²) in [7, 11) is 1.99. The molecule has 6 heteroatoms. The molecule has 2 heterocycles. The molecule has 1 fully saturated rings. The minimum absolute atomic E-state index is 0. The molecule has 1 aliphatic rings. The summed E-state index contributed by atoms with van der Waals surface area (Å²) in [5.41, 5.74) is 0. The highest BCUT2D eigenvalue weighted by Gasteiger charge is 2.21. The highest BCUT2D eigenvalue weighted by Crippen LogP contribution is 2.21. The van der Waals surface area contributed by atoms with Gasteiger partial charge >= 0.3 is 0 Å². The van der Waals surface area contributed by atoms with Gasteiger partial charge in [-0.2, -0.15) is 0 Å². The molecule has 1 saturated heterocycles. The number of rotatable bonds is 5. The van der Waals surface area contributed by atoms with Crippen LogP contribution < -0.4 is 5.32 Å². The van der Waals surface area contributed by atoms with Gasteiger partial charge in [0.05, 0.1) is 5.02 Å². The summed E-state index contributed by atoms with van der Waals surface area (Å²) >= 11 is 7.51. The van der Waals surface area contributed by atoms with Crippen LogP contribution in [0.2, 0.25) is 5.02 Å². The smallest absolute Gasteiger partial charge is 0.222 e. The molecule has 0 bridgehead atoms. The number of nitrogens with zero attached hydrogens (tertiary/aromatic N) is 1. The van der Waals surface area contributed by atoms with E-state index in [1.54, 1.807) is 11.3 Å². The summed E-state index contributed by atoms with van der Waals surface area (Å²) in [5, 5.41) is 5.92. The zero-order valence-corrected chi connectivity index (χ0v) is 14.1. The van der Waals surface area contributed by atoms with Crippen molar-refractivity contribution >= 4 is 41.3 Å². The van der Waals surface area contributed by atoms with E-state index in [1.165, 1.54) is 4.88 Å². The molecule has 114 valence electrons. The summed E-state index contributed by atoms with van der Waals surface area (Å²) in [6.45, 7) is 2.89. The van der Waals surface area contributed by atoms with E-state index in [4.69, 9.17) is 11.6 Å². The number of hydrogen-bond acceptors (Lipinski definition) is 3. The Morgan fingerprint density at radius 3 is 2.75 bits per heavy atom. The van der Waals surface area contributed by atoms with Crippen LogP contribution >= 0.6 is 35.3 Å². The van der Waals surface area contributed by atoms with Crippen LogP contribution in [0.5, 0.6) is 0 Å². The number of carbonyl (C=O) groups excluding carboxylic acids is 1. The molecule has 2 rings (SSSR count). The van der Waals surface area contributed by atoms with Crippen LogP contribution in [-0.4, -0.2) is 37.5 Å². The van der Waals surface area contributed by atoms with Gasteiger partial charge in [-0.1, -0.05) is 11.6 Å². The van der Waals surface area contributed by atoms with Gasteiger partial charge in [-0.05, 0) is 44.8 Å². The molecule has 0 saturated carbocycles. The number of carbonyl (C=O) groups is 1. The number of thiophene rings is 1. The van der Waals surface area contributed by atoms with Crippen molar-refractivity contribution in [1.29, 1.82) is 0 Å². The predicted octanol–water partition coefficient (Wildman–Crippen LogP) is 3.21. The third-order valence-corrected chi connectivity index (χ3v) is 5.01. The van der Waals surface area contributed by atoms with Gasteiger partial charge in [0.1, 0.15) is 0 Å². The maximum Gasteiger partial charge on any atom is 0.222 e. The first kappa shape index (κ1) is 17.8. The van der Waals surface area contributed by atoms with E-state index in [-0.39, 0.29) is 18.3 Å². The Morgan fingerprint density at radius 1 is 1.50 bits per heavy atom. The largest absolute Gasteiger partial charge is 0.343 e. The first-order chi connectivity index (χ1) is 9.19. The monoisotopic (exact) mass is 336 g/mol. The van der Waals surface area contributed by atoms with Crippen LogP contribution in [0.25, 0.3) is 0 Å². The molecular formula is C14H22Cl2N2OS. The zero-order valence-electron chi connectivity index (χ0n) is 11.7. The van der Waals surface area contributed by atoms with E-state index in [2.05, 4.69) is 5.32 Å². The summed E-state index contributed by atoms with van der Waals surface area (Å²) < 4.78 is 0. The maximum atomic E-state index is 12.1. The van der Waals surface area contributed by atoms with E-state index >= 15 is 0 Å². The molecule has 1 N–H and O–H groups in total. The summed E-state index contributed by atoms with van der Waals surface area (Å²) in [6, 6.07) is 1.96. The van der Waals surface area contributed by atoms with Crippen molar-refractivity contribution in [1.82, 2.24) is 10.2 Å². The third kappa shape index (κ3) is 5.24. The Hall–Kier alpha value is -0.290. The first-order valence-corrected chi connectivity index (χ1v) is 8.10. The highest BCUT2D eigenvalue weighted by molar-refractivity contribution is 7.10. The molecule has 0 aromatic carbocycles. The second-order valence-electron chi connectivity index (χ2n) is 5.11. The third-order valence-electron chi connectivity index (χ3n) is 3.67. The number of halogens is 2. The molecule has 3 nitrogen and oxygen atoms in total. The van der Waals surface area contributed by atoms with Crippen molar-refractivity contribution in [3.63, 3.8) is 0 Å². The number of piperidine rings is 1. The van der Waals surface area contributed by atoms with E-state index in [1.807, 2.05) is 23.4 Å². The lowest BCUT2D eigenvalue weighted by Crippen LogP contribution is -2.40. The Kier molecular flexibility index (Phi) is 7.88. The maximum absolute atomic E-state index is 12.1. The van der Waals surface area contributed by atoms with E-state index in [0.29, 0.717) is 6.42 Å². The Labute approximate surface area is 136 Å². The first-order valence-electron chi connectivity index (χ1n) is 6.84. The van der Waals surface area contributed by atoms with Crippen LogP contribution in [0, 0.1) is 5.92 Å². The molecule has 1 aliphatic heterocycles. The van der Waals surface area contributed by atoms with Gasteiger partial charge in [-0.25, -0.2) is 0 Å². The van der Waals surface area contributed by atoms with E-state index in [0.717, 1.165) is 49.8 Å². The average Bonchev–Trinajstić information content (AvgIpc) is 2.83. The second-order valence-corrected chi connectivity index (χ2v) is 6.55. The summed E-state index contributed by atoms with van der Waals surface area (Å²) in [6.07, 6.45) is 3.66. The summed E-state index contributed by atoms with van der Waals surface area (Å²) in [4.78, 5) is 15.3. The molecule has 20 heavy (non-hydrogen) atoms. The minimum atomic E-state index is 0. The van der Waals surface area contributed by atoms with Gasteiger partial charge in [0, 0.05) is 29.8 Å². The molecule has 0 unspecified atom stereocenters. The Bertz CT molecular complexity index is 417. The fourth-order valence-corrected chi connectivity index (χ4v) is 3.63. The predicted molar refractivity (Wildman–Crippen MR) is 88.1 cm³/mol. The Morgan fingerprint density at radius 2 is 2.20 bits per heavy atom. The van der Waals surface area contributed by atoms with Gasteiger partial charge in [0.2, 0.25) is 5.91 Å². The molecule has 0 radical (unpaired) electrons. The highest BCUT2D eigenvalue weighted by atomic mass is 35.5. The topological polar surface area (TPSA) is 32.3 Å². The van der Waals surface area contributed by atoms with Crippen LogP contribution in [-0.2, 0) is 11.2 Å². The minimum Gasteiger partial charge on any atom is -0.343 e. The number of amides is 1. The molecule has 0 atom stereocenters. The van der Waals surface area contributed by atoms with Gasteiger partial charge in [-0.3, -0.25) is 4.79 Å². The quantitative estimate of drug-likeness (QED) is 0.895. The van der Waals surface area contributed by atoms with Crippen molar-refractivity contribution in [3.8, 4) is 0 Å². The molecule has 0 aliphatic carbocycles. The lowest BCUT2D eigenvalue weighted by molar-refractivity contribution is -0.132. The fourth-order valence-electron chi connectivity index (χ4n) is 2.55. The van der Waals surface area contributed by atoms with Crippen molar-refractivity contribution < 1.29 is 4.79 Å². The van der Waals surface area contributed by atoms with Gasteiger partial charge in [0.25, 0.3) is 0 Å². The van der Waals surface area contributed by atoms with Gasteiger partial charge in [0.15, 0.2) is 0 Å². The molecular weight excluding hydrogens is 315 g/mol. The van der Waals surface area contributed by atoms with Crippen LogP contribution in [0.15, 0.2) is 11.4 Å². The number of likely N-dealkylation sites (tertiary alicyclic amines) is 1. The lowest BCUT2D eigenvalue weighted by Gasteiger charge is -2.32. The van der Waals surface area contributed by atoms with Crippen LogP contribution in [0.4, 0.5) is 0 Å². The van der Waals surface area contributed by atoms with Crippen molar-refractivity contribution in [2.24, 2.45) is 5.92 Å². The van der Waals surface area contributed by atoms with Crippen molar-refractivity contribution in [2.45, 2.75) is 25.7 Å². The zero-order chi connectivity index (χ0) is 13.7. The number of hydrogen-bond donors (Lipinski definition) is 1. The number of nitrogens with one attached hydrogen (secondary N) is 1. The van der Waals surface area contributed by atoms with Crippen LogP contribution in [0.3, 0.4) is 0 Å². The SMILES string of the molecule is CNCC1CCN(C(=O)CCc2cc(Cl)cs2)CC1.Cl. The summed E-state index contributed by atoms with van der Waals surface area (Å²) in [5.74, 6) is 1.01. The fraction of sp³-hybridized carbons (Fsp3) is 0.643. The molecule has 1 amide bonds. The van der Waals surface area contributed by atoms with Gasteiger partial charge < -0.3 is 10.2 Å². The van der Waals surface area contributed by atoms with Gasteiger partial charge in [-0.15, -0.1) is 23.7 Å². The molecule has 0 spiro atoms. The lowest BCUT2D eigenvalue weighted by atomic mass is 9.96.